The summed E-state index contributed by atoms with van der Waals surface area (Å²) in [7, 11) is 1.71. The Hall–Kier alpha value is -0.700. The summed E-state index contributed by atoms with van der Waals surface area (Å²) in [6.07, 6.45) is 9.34. The van der Waals surface area contributed by atoms with Crippen molar-refractivity contribution in [2.75, 3.05) is 13.7 Å². The average Bonchev–Trinajstić information content (AvgIpc) is 2.33. The van der Waals surface area contributed by atoms with E-state index in [1.165, 1.54) is 0 Å². The van der Waals surface area contributed by atoms with Crippen LogP contribution in [0.25, 0.3) is 0 Å². The molecule has 0 aromatic rings. The third-order valence-corrected chi connectivity index (χ3v) is 3.04. The lowest BCUT2D eigenvalue weighted by Crippen LogP contribution is -1.98. The topological polar surface area (TPSA) is 43.4 Å². The van der Waals surface area contributed by atoms with Gasteiger partial charge in [-0.1, -0.05) is 19.3 Å². The van der Waals surface area contributed by atoms with Gasteiger partial charge in [0.2, 0.25) is 0 Å². The summed E-state index contributed by atoms with van der Waals surface area (Å²) in [5, 5.41) is 0. The van der Waals surface area contributed by atoms with E-state index in [9.17, 15) is 9.59 Å². The molecule has 0 saturated carbocycles. The molecule has 0 radical (unpaired) electrons. The molecule has 0 aliphatic carbocycles. The van der Waals surface area contributed by atoms with Crippen LogP contribution in [0, 0.1) is 0 Å². The SMILES string of the molecule is COCCCCCC(=O)CCCCCCC(C)=O. The summed E-state index contributed by atoms with van der Waals surface area (Å²) in [6, 6.07) is 0. The minimum absolute atomic E-state index is 0.266. The Labute approximate surface area is 111 Å². The Morgan fingerprint density at radius 3 is 1.78 bits per heavy atom. The lowest BCUT2D eigenvalue weighted by atomic mass is 10.0. The standard InChI is InChI=1S/C15H28O3/c1-14(16)10-6-3-4-7-11-15(17)12-8-5-9-13-18-2/h3-13H2,1-2H3. The number of Topliss-reactive ketones (excluding diaryl/α,β-unsaturated/α-hetero) is 2. The number of hydrogen-bond acceptors (Lipinski definition) is 3. The lowest BCUT2D eigenvalue weighted by Gasteiger charge is -2.02. The molecule has 0 aliphatic heterocycles. The van der Waals surface area contributed by atoms with Gasteiger partial charge in [-0.2, -0.15) is 0 Å². The Morgan fingerprint density at radius 1 is 0.778 bits per heavy atom. The van der Waals surface area contributed by atoms with E-state index in [-0.39, 0.29) is 5.78 Å². The molecule has 3 heteroatoms. The fourth-order valence-corrected chi connectivity index (χ4v) is 1.92. The van der Waals surface area contributed by atoms with Crippen molar-refractivity contribution in [2.45, 2.75) is 71.1 Å². The van der Waals surface area contributed by atoms with Crippen molar-refractivity contribution < 1.29 is 14.3 Å². The van der Waals surface area contributed by atoms with Crippen LogP contribution in [0.2, 0.25) is 0 Å². The second kappa shape index (κ2) is 12.7. The van der Waals surface area contributed by atoms with E-state index in [4.69, 9.17) is 4.74 Å². The predicted molar refractivity (Wildman–Crippen MR) is 73.7 cm³/mol. The first kappa shape index (κ1) is 17.3. The van der Waals surface area contributed by atoms with Gasteiger partial charge in [0, 0.05) is 33.0 Å². The quantitative estimate of drug-likeness (QED) is 0.472. The molecule has 0 rings (SSSR count). The first-order valence-electron chi connectivity index (χ1n) is 7.17. The molecule has 0 unspecified atom stereocenters. The van der Waals surface area contributed by atoms with Crippen molar-refractivity contribution >= 4 is 11.6 Å². The maximum atomic E-state index is 11.5. The Kier molecular flexibility index (Phi) is 12.3. The fourth-order valence-electron chi connectivity index (χ4n) is 1.92. The molecule has 0 amide bonds. The summed E-state index contributed by atoms with van der Waals surface area (Å²) in [4.78, 5) is 22.2. The van der Waals surface area contributed by atoms with Crippen LogP contribution < -0.4 is 0 Å². The number of carbonyl (C=O) groups excluding carboxylic acids is 2. The van der Waals surface area contributed by atoms with Crippen LogP contribution in [0.1, 0.15) is 71.1 Å². The number of ether oxygens (including phenoxy) is 1. The zero-order valence-electron chi connectivity index (χ0n) is 12.0. The molecule has 0 bridgehead atoms. The minimum atomic E-state index is 0.266. The molecule has 0 saturated heterocycles. The van der Waals surface area contributed by atoms with Gasteiger partial charge < -0.3 is 9.53 Å². The second-order valence-electron chi connectivity index (χ2n) is 4.96. The first-order valence-corrected chi connectivity index (χ1v) is 7.17. The van der Waals surface area contributed by atoms with Crippen LogP contribution in [-0.4, -0.2) is 25.3 Å². The van der Waals surface area contributed by atoms with Crippen LogP contribution in [0.5, 0.6) is 0 Å². The first-order chi connectivity index (χ1) is 8.66. The molecule has 3 nitrogen and oxygen atoms in total. The van der Waals surface area contributed by atoms with E-state index in [1.807, 2.05) is 0 Å². The van der Waals surface area contributed by atoms with Gasteiger partial charge in [0.1, 0.15) is 11.6 Å². The number of unbranched alkanes of at least 4 members (excludes halogenated alkanes) is 5. The van der Waals surface area contributed by atoms with Gasteiger partial charge in [-0.3, -0.25) is 4.79 Å². The second-order valence-corrected chi connectivity index (χ2v) is 4.96. The number of carbonyl (C=O) groups is 2. The predicted octanol–water partition coefficient (Wildman–Crippen LogP) is 3.69. The molecule has 0 aromatic heterocycles. The van der Waals surface area contributed by atoms with Gasteiger partial charge in [-0.05, 0) is 32.6 Å². The summed E-state index contributed by atoms with van der Waals surface area (Å²) in [5.74, 6) is 0.654. The summed E-state index contributed by atoms with van der Waals surface area (Å²) in [6.45, 7) is 2.43. The average molecular weight is 256 g/mol. The number of ketones is 2. The van der Waals surface area contributed by atoms with Gasteiger partial charge in [0.15, 0.2) is 0 Å². The van der Waals surface area contributed by atoms with Crippen molar-refractivity contribution in [1.29, 1.82) is 0 Å². The molecule has 0 fully saturated rings. The maximum absolute atomic E-state index is 11.5. The van der Waals surface area contributed by atoms with E-state index in [2.05, 4.69) is 0 Å². The van der Waals surface area contributed by atoms with Crippen molar-refractivity contribution in [2.24, 2.45) is 0 Å². The van der Waals surface area contributed by atoms with Gasteiger partial charge in [-0.25, -0.2) is 0 Å². The van der Waals surface area contributed by atoms with E-state index < -0.39 is 0 Å². The molecule has 0 heterocycles. The zero-order chi connectivity index (χ0) is 13.6. The summed E-state index contributed by atoms with van der Waals surface area (Å²) >= 11 is 0. The number of rotatable bonds is 13. The maximum Gasteiger partial charge on any atom is 0.132 e. The van der Waals surface area contributed by atoms with Crippen LogP contribution in [0.4, 0.5) is 0 Å². The van der Waals surface area contributed by atoms with Crippen LogP contribution in [-0.2, 0) is 14.3 Å². The van der Waals surface area contributed by atoms with Crippen molar-refractivity contribution in [3.05, 3.63) is 0 Å². The summed E-state index contributed by atoms with van der Waals surface area (Å²) < 4.78 is 4.96. The molecule has 0 aliphatic rings. The lowest BCUT2D eigenvalue weighted by molar-refractivity contribution is -0.119. The summed E-state index contributed by atoms with van der Waals surface area (Å²) in [5.41, 5.74) is 0. The van der Waals surface area contributed by atoms with Crippen molar-refractivity contribution in [3.8, 4) is 0 Å². The molecule has 0 aromatic carbocycles. The molecule has 0 N–H and O–H groups in total. The minimum Gasteiger partial charge on any atom is -0.385 e. The normalized spacial score (nSPS) is 10.6. The van der Waals surface area contributed by atoms with Crippen LogP contribution in [0.3, 0.4) is 0 Å². The van der Waals surface area contributed by atoms with Gasteiger partial charge in [0.05, 0.1) is 0 Å². The molecular formula is C15H28O3. The highest BCUT2D eigenvalue weighted by Gasteiger charge is 2.02. The monoisotopic (exact) mass is 256 g/mol. The van der Waals surface area contributed by atoms with Crippen LogP contribution >= 0.6 is 0 Å². The van der Waals surface area contributed by atoms with Crippen molar-refractivity contribution in [3.63, 3.8) is 0 Å². The van der Waals surface area contributed by atoms with E-state index in [0.717, 1.165) is 58.0 Å². The Bertz CT molecular complexity index is 224. The Morgan fingerprint density at radius 2 is 1.28 bits per heavy atom. The van der Waals surface area contributed by atoms with Crippen LogP contribution in [0.15, 0.2) is 0 Å². The Balaban J connectivity index is 3.19. The fraction of sp³-hybridized carbons (Fsp3) is 0.867. The molecule has 0 spiro atoms. The molecule has 106 valence electrons. The molecule has 18 heavy (non-hydrogen) atoms. The number of methoxy groups -OCH3 is 1. The van der Waals surface area contributed by atoms with Gasteiger partial charge >= 0.3 is 0 Å². The number of hydrogen-bond donors (Lipinski definition) is 0. The van der Waals surface area contributed by atoms with Crippen molar-refractivity contribution in [1.82, 2.24) is 0 Å². The van der Waals surface area contributed by atoms with E-state index >= 15 is 0 Å². The highest BCUT2D eigenvalue weighted by atomic mass is 16.5. The van der Waals surface area contributed by atoms with E-state index in [1.54, 1.807) is 14.0 Å². The highest BCUT2D eigenvalue weighted by Crippen LogP contribution is 2.09. The van der Waals surface area contributed by atoms with Gasteiger partial charge in [-0.15, -0.1) is 0 Å². The zero-order valence-corrected chi connectivity index (χ0v) is 12.0. The van der Waals surface area contributed by atoms with Gasteiger partial charge in [0.25, 0.3) is 0 Å². The van der Waals surface area contributed by atoms with E-state index in [0.29, 0.717) is 18.6 Å². The molecule has 0 atom stereocenters. The smallest absolute Gasteiger partial charge is 0.132 e. The third-order valence-electron chi connectivity index (χ3n) is 3.04. The molecular weight excluding hydrogens is 228 g/mol. The third kappa shape index (κ3) is 13.4. The highest BCUT2D eigenvalue weighted by molar-refractivity contribution is 5.78. The largest absolute Gasteiger partial charge is 0.385 e.